The Kier molecular flexibility index (Phi) is 41.8. The summed E-state index contributed by atoms with van der Waals surface area (Å²) in [4.78, 5) is 22.9. The minimum atomic E-state index is -4.27. The van der Waals surface area contributed by atoms with E-state index in [0.29, 0.717) is 24.1 Å². The second-order valence-electron chi connectivity index (χ2n) is 18.2. The number of rotatable bonds is 47. The zero-order valence-electron chi connectivity index (χ0n) is 38.9. The van der Waals surface area contributed by atoms with Crippen LogP contribution in [0.15, 0.2) is 0 Å². The summed E-state index contributed by atoms with van der Waals surface area (Å²) in [5.41, 5.74) is 0. The molecule has 2 unspecified atom stereocenters. The van der Waals surface area contributed by atoms with Gasteiger partial charge in [0, 0.05) is 13.0 Å². The zero-order chi connectivity index (χ0) is 42.0. The van der Waals surface area contributed by atoms with E-state index in [2.05, 4.69) is 13.8 Å². The molecule has 0 spiro atoms. The monoisotopic (exact) mass is 833 g/mol. The van der Waals surface area contributed by atoms with Crippen molar-refractivity contribution in [3.8, 4) is 0 Å². The molecule has 0 aliphatic rings. The summed E-state index contributed by atoms with van der Waals surface area (Å²) >= 11 is 0. The van der Waals surface area contributed by atoms with Crippen LogP contribution in [0.2, 0.25) is 0 Å². The lowest BCUT2D eigenvalue weighted by molar-refractivity contribution is -0.870. The Balaban J connectivity index is 4.10. The summed E-state index contributed by atoms with van der Waals surface area (Å²) in [5.74, 6) is -0.306. The molecule has 0 aromatic heterocycles. The second kappa shape index (κ2) is 42.2. The SMILES string of the molecule is CCCCCCCCCCCCCCCCCCCCCOCC(COP(=O)(O)OCC[N+](C)(C)C)OC(=O)CCCCCCCCCCCCCCCCCC. The van der Waals surface area contributed by atoms with Crippen LogP contribution in [0.1, 0.15) is 245 Å². The maximum absolute atomic E-state index is 12.7. The van der Waals surface area contributed by atoms with Crippen LogP contribution < -0.4 is 0 Å². The normalized spacial score (nSPS) is 13.6. The molecule has 0 fully saturated rings. The molecule has 8 nitrogen and oxygen atoms in total. The molecule has 0 rings (SSSR count). The average molecular weight is 833 g/mol. The molecule has 1 N–H and O–H groups in total. The van der Waals surface area contributed by atoms with Gasteiger partial charge < -0.3 is 18.9 Å². The fourth-order valence-electron chi connectivity index (χ4n) is 7.32. The lowest BCUT2D eigenvalue weighted by Crippen LogP contribution is -2.37. The van der Waals surface area contributed by atoms with E-state index in [1.54, 1.807) is 0 Å². The van der Waals surface area contributed by atoms with Crippen LogP contribution in [0, 0.1) is 0 Å². The number of phosphoric acid groups is 1. The zero-order valence-corrected chi connectivity index (χ0v) is 39.8. The third-order valence-electron chi connectivity index (χ3n) is 11.2. The number of quaternary nitrogens is 1. The fourth-order valence-corrected chi connectivity index (χ4v) is 8.06. The maximum atomic E-state index is 12.7. The van der Waals surface area contributed by atoms with E-state index in [9.17, 15) is 14.3 Å². The molecular formula is C48H99NO7P+. The number of unbranched alkanes of at least 4 members (excludes halogenated alkanes) is 33. The van der Waals surface area contributed by atoms with Gasteiger partial charge >= 0.3 is 13.8 Å². The summed E-state index contributed by atoms with van der Waals surface area (Å²) in [7, 11) is 1.69. The fraction of sp³-hybridized carbons (Fsp3) is 0.979. The molecule has 0 aliphatic heterocycles. The van der Waals surface area contributed by atoms with Crippen molar-refractivity contribution in [2.45, 2.75) is 251 Å². The van der Waals surface area contributed by atoms with Crippen molar-refractivity contribution >= 4 is 13.8 Å². The smallest absolute Gasteiger partial charge is 0.457 e. The highest BCUT2D eigenvalue weighted by atomic mass is 31.2. The standard InChI is InChI=1S/C48H98NO7P/c1-6-8-10-12-14-16-18-20-22-24-25-26-28-30-32-34-36-38-40-43-53-45-47(46-55-57(51,52)54-44-42-49(3,4)5)56-48(50)41-39-37-35-33-31-29-27-23-21-19-17-15-13-11-9-7-2/h47H,6-46H2,1-5H3/p+1. The van der Waals surface area contributed by atoms with Crippen molar-refractivity contribution in [2.75, 3.05) is 54.1 Å². The van der Waals surface area contributed by atoms with E-state index >= 15 is 0 Å². The van der Waals surface area contributed by atoms with Crippen molar-refractivity contribution in [3.63, 3.8) is 0 Å². The third kappa shape index (κ3) is 46.4. The number of esters is 1. The minimum absolute atomic E-state index is 0.0941. The maximum Gasteiger partial charge on any atom is 0.472 e. The van der Waals surface area contributed by atoms with Crippen LogP contribution in [-0.2, 0) is 27.9 Å². The van der Waals surface area contributed by atoms with Crippen LogP contribution in [-0.4, -0.2) is 75.6 Å². The number of likely N-dealkylation sites (N-methyl/N-ethyl adjacent to an activating group) is 1. The second-order valence-corrected chi connectivity index (χ2v) is 19.7. The molecule has 9 heteroatoms. The van der Waals surface area contributed by atoms with Gasteiger partial charge in [-0.25, -0.2) is 4.57 Å². The quantitative estimate of drug-likeness (QED) is 0.0283. The largest absolute Gasteiger partial charge is 0.472 e. The van der Waals surface area contributed by atoms with Crippen molar-refractivity contribution in [1.82, 2.24) is 0 Å². The van der Waals surface area contributed by atoms with Gasteiger partial charge in [0.15, 0.2) is 0 Å². The highest BCUT2D eigenvalue weighted by molar-refractivity contribution is 7.47. The summed E-state index contributed by atoms with van der Waals surface area (Å²) in [5, 5.41) is 0. The molecule has 0 aromatic rings. The Morgan fingerprint density at radius 1 is 0.474 bits per heavy atom. The molecule has 0 saturated carbocycles. The van der Waals surface area contributed by atoms with Crippen LogP contribution in [0.25, 0.3) is 0 Å². The predicted octanol–water partition coefficient (Wildman–Crippen LogP) is 14.8. The summed E-state index contributed by atoms with van der Waals surface area (Å²) in [6, 6.07) is 0. The molecular weight excluding hydrogens is 734 g/mol. The van der Waals surface area contributed by atoms with Crippen LogP contribution >= 0.6 is 7.82 Å². The number of ether oxygens (including phenoxy) is 2. The van der Waals surface area contributed by atoms with Gasteiger partial charge in [-0.3, -0.25) is 13.8 Å². The molecule has 342 valence electrons. The van der Waals surface area contributed by atoms with E-state index in [1.807, 2.05) is 21.1 Å². The summed E-state index contributed by atoms with van der Waals surface area (Å²) in [6.45, 7) is 5.70. The number of phosphoric ester groups is 1. The van der Waals surface area contributed by atoms with E-state index in [4.69, 9.17) is 18.5 Å². The number of nitrogens with zero attached hydrogens (tertiary/aromatic N) is 1. The van der Waals surface area contributed by atoms with Crippen molar-refractivity contribution in [1.29, 1.82) is 0 Å². The molecule has 0 amide bonds. The van der Waals surface area contributed by atoms with Gasteiger partial charge in [-0.15, -0.1) is 0 Å². The van der Waals surface area contributed by atoms with E-state index < -0.39 is 13.9 Å². The summed E-state index contributed by atoms with van der Waals surface area (Å²) < 4.78 is 35.1. The lowest BCUT2D eigenvalue weighted by Gasteiger charge is -2.24. The Morgan fingerprint density at radius 2 is 0.807 bits per heavy atom. The van der Waals surface area contributed by atoms with E-state index in [0.717, 1.165) is 32.1 Å². The average Bonchev–Trinajstić information content (AvgIpc) is 3.16. The highest BCUT2D eigenvalue weighted by Gasteiger charge is 2.26. The molecule has 0 aliphatic carbocycles. The van der Waals surface area contributed by atoms with Gasteiger partial charge in [-0.2, -0.15) is 0 Å². The first-order valence-electron chi connectivity index (χ1n) is 24.8. The van der Waals surface area contributed by atoms with Crippen LogP contribution in [0.3, 0.4) is 0 Å². The molecule has 2 atom stereocenters. The van der Waals surface area contributed by atoms with Gasteiger partial charge in [0.2, 0.25) is 0 Å². The molecule has 0 heterocycles. The molecule has 0 aromatic carbocycles. The molecule has 0 saturated heterocycles. The van der Waals surface area contributed by atoms with Gasteiger partial charge in [0.05, 0.1) is 34.4 Å². The topological polar surface area (TPSA) is 91.3 Å². The van der Waals surface area contributed by atoms with Crippen LogP contribution in [0.4, 0.5) is 0 Å². The van der Waals surface area contributed by atoms with Gasteiger partial charge in [0.1, 0.15) is 19.3 Å². The number of carbonyl (C=O) groups excluding carboxylic acids is 1. The van der Waals surface area contributed by atoms with Gasteiger partial charge in [0.25, 0.3) is 0 Å². The van der Waals surface area contributed by atoms with Gasteiger partial charge in [-0.1, -0.05) is 226 Å². The van der Waals surface area contributed by atoms with Crippen LogP contribution in [0.5, 0.6) is 0 Å². The number of hydrogen-bond donors (Lipinski definition) is 1. The molecule has 0 radical (unpaired) electrons. The van der Waals surface area contributed by atoms with E-state index in [-0.39, 0.29) is 25.8 Å². The highest BCUT2D eigenvalue weighted by Crippen LogP contribution is 2.43. The minimum Gasteiger partial charge on any atom is -0.457 e. The Bertz CT molecular complexity index is 883. The number of carbonyl (C=O) groups is 1. The Morgan fingerprint density at radius 3 is 1.16 bits per heavy atom. The first-order valence-corrected chi connectivity index (χ1v) is 26.3. The molecule has 57 heavy (non-hydrogen) atoms. The predicted molar refractivity (Wildman–Crippen MR) is 243 cm³/mol. The number of hydrogen-bond acceptors (Lipinski definition) is 6. The molecule has 0 bridgehead atoms. The van der Waals surface area contributed by atoms with E-state index in [1.165, 1.54) is 193 Å². The first kappa shape index (κ1) is 56.5. The Hall–Kier alpha value is -0.500. The van der Waals surface area contributed by atoms with Gasteiger partial charge in [-0.05, 0) is 12.8 Å². The Labute approximate surface area is 355 Å². The summed E-state index contributed by atoms with van der Waals surface area (Å²) in [6.07, 6.45) is 45.6. The van der Waals surface area contributed by atoms with Crippen molar-refractivity contribution in [2.24, 2.45) is 0 Å². The third-order valence-corrected chi connectivity index (χ3v) is 12.2. The van der Waals surface area contributed by atoms with Crippen molar-refractivity contribution < 1.29 is 37.3 Å². The van der Waals surface area contributed by atoms with Crippen molar-refractivity contribution in [3.05, 3.63) is 0 Å². The lowest BCUT2D eigenvalue weighted by atomic mass is 10.0. The first-order chi connectivity index (χ1) is 27.6.